The van der Waals surface area contributed by atoms with Crippen LogP contribution in [-0.4, -0.2) is 38.2 Å². The van der Waals surface area contributed by atoms with E-state index in [4.69, 9.17) is 9.47 Å². The van der Waals surface area contributed by atoms with Crippen LogP contribution in [0.15, 0.2) is 23.4 Å². The number of anilines is 1. The topological polar surface area (TPSA) is 91.2 Å². The van der Waals surface area contributed by atoms with Gasteiger partial charge in [0.15, 0.2) is 11.5 Å². The van der Waals surface area contributed by atoms with Gasteiger partial charge in [0.05, 0.1) is 11.3 Å². The predicted octanol–water partition coefficient (Wildman–Crippen LogP) is 2.64. The molecule has 2 aromatic rings. The van der Waals surface area contributed by atoms with Gasteiger partial charge in [-0.1, -0.05) is 24.6 Å². The summed E-state index contributed by atoms with van der Waals surface area (Å²) in [6, 6.07) is 5.70. The normalized spacial score (nSPS) is 17.6. The molecule has 9 heteroatoms. The van der Waals surface area contributed by atoms with Gasteiger partial charge >= 0.3 is 0 Å². The van der Waals surface area contributed by atoms with Gasteiger partial charge in [-0.05, 0) is 42.3 Å². The van der Waals surface area contributed by atoms with Gasteiger partial charge in [-0.3, -0.25) is 4.79 Å². The molecule has 0 spiro atoms. The lowest BCUT2D eigenvalue weighted by atomic mass is 10.2. The summed E-state index contributed by atoms with van der Waals surface area (Å²) >= 11 is 1.38. The number of tetrazole rings is 1. The van der Waals surface area contributed by atoms with Gasteiger partial charge in [-0.15, -0.1) is 5.10 Å². The molecule has 0 radical (unpaired) electrons. The van der Waals surface area contributed by atoms with Crippen LogP contribution in [0.1, 0.15) is 38.6 Å². The Bertz CT molecular complexity index is 775. The van der Waals surface area contributed by atoms with Crippen molar-refractivity contribution in [2.45, 2.75) is 49.1 Å². The predicted molar refractivity (Wildman–Crippen MR) is 91.8 cm³/mol. The Balaban J connectivity index is 1.40. The molecule has 2 heterocycles. The van der Waals surface area contributed by atoms with Crippen molar-refractivity contribution in [3.8, 4) is 11.5 Å². The number of nitrogens with zero attached hydrogens (tertiary/aromatic N) is 4. The zero-order chi connectivity index (χ0) is 17.2. The Morgan fingerprint density at radius 1 is 1.32 bits per heavy atom. The first-order valence-corrected chi connectivity index (χ1v) is 9.24. The summed E-state index contributed by atoms with van der Waals surface area (Å²) in [5.41, 5.74) is 0.678. The summed E-state index contributed by atoms with van der Waals surface area (Å²) in [6.45, 7) is 2.06. The summed E-state index contributed by atoms with van der Waals surface area (Å²) in [4.78, 5) is 12.5. The van der Waals surface area contributed by atoms with E-state index in [1.165, 1.54) is 24.6 Å². The van der Waals surface area contributed by atoms with E-state index in [0.29, 0.717) is 28.4 Å². The van der Waals surface area contributed by atoms with E-state index in [0.717, 1.165) is 12.8 Å². The molecule has 0 saturated heterocycles. The fourth-order valence-corrected chi connectivity index (χ4v) is 3.93. The minimum Gasteiger partial charge on any atom is -0.454 e. The molecule has 1 aromatic carbocycles. The molecule has 4 rings (SSSR count). The molecule has 1 amide bonds. The molecule has 132 valence electrons. The molecule has 1 saturated carbocycles. The van der Waals surface area contributed by atoms with Crippen molar-refractivity contribution in [3.05, 3.63) is 18.2 Å². The summed E-state index contributed by atoms with van der Waals surface area (Å²) in [5.74, 6) is 1.23. The summed E-state index contributed by atoms with van der Waals surface area (Å²) in [5, 5.41) is 15.2. The van der Waals surface area contributed by atoms with Gasteiger partial charge in [-0.2, -0.15) is 0 Å². The average Bonchev–Trinajstić information content (AvgIpc) is 3.35. The monoisotopic (exact) mass is 361 g/mol. The number of benzene rings is 1. The maximum atomic E-state index is 12.5. The molecular weight excluding hydrogens is 342 g/mol. The molecule has 1 aliphatic heterocycles. The van der Waals surface area contributed by atoms with E-state index in [9.17, 15) is 4.79 Å². The quantitative estimate of drug-likeness (QED) is 0.819. The Morgan fingerprint density at radius 2 is 2.12 bits per heavy atom. The number of aromatic nitrogens is 4. The summed E-state index contributed by atoms with van der Waals surface area (Å²) < 4.78 is 12.5. The number of hydrogen-bond acceptors (Lipinski definition) is 7. The van der Waals surface area contributed by atoms with E-state index < -0.39 is 0 Å². The fraction of sp³-hybridized carbons (Fsp3) is 0.500. The second kappa shape index (κ2) is 6.91. The van der Waals surface area contributed by atoms with E-state index in [-0.39, 0.29) is 18.0 Å². The first-order valence-electron chi connectivity index (χ1n) is 8.36. The third kappa shape index (κ3) is 3.41. The lowest BCUT2D eigenvalue weighted by Gasteiger charge is -2.14. The van der Waals surface area contributed by atoms with Crippen molar-refractivity contribution >= 4 is 23.4 Å². The van der Waals surface area contributed by atoms with Crippen molar-refractivity contribution in [2.24, 2.45) is 0 Å². The van der Waals surface area contributed by atoms with Crippen LogP contribution >= 0.6 is 11.8 Å². The molecule has 1 fully saturated rings. The van der Waals surface area contributed by atoms with Crippen LogP contribution < -0.4 is 14.8 Å². The highest BCUT2D eigenvalue weighted by Gasteiger charge is 2.25. The Hall–Kier alpha value is -2.29. The van der Waals surface area contributed by atoms with Crippen LogP contribution in [-0.2, 0) is 4.79 Å². The zero-order valence-electron chi connectivity index (χ0n) is 13.8. The SMILES string of the molecule is C[C@H](Sc1nnnn1C1CCCC1)C(=O)Nc1ccc2c(c1)OCO2. The molecule has 0 unspecified atom stereocenters. The zero-order valence-corrected chi connectivity index (χ0v) is 14.7. The van der Waals surface area contributed by atoms with Crippen LogP contribution in [0.2, 0.25) is 0 Å². The van der Waals surface area contributed by atoms with E-state index in [2.05, 4.69) is 20.8 Å². The number of nitrogens with one attached hydrogen (secondary N) is 1. The lowest BCUT2D eigenvalue weighted by molar-refractivity contribution is -0.115. The standard InChI is InChI=1S/C16H19N5O3S/c1-10(25-16-18-19-20-21(16)12-4-2-3-5-12)15(22)17-11-6-7-13-14(8-11)24-9-23-13/h6-8,10,12H,2-5,9H2,1H3,(H,17,22)/t10-/m0/s1. The number of thioether (sulfide) groups is 1. The van der Waals surface area contributed by atoms with Crippen LogP contribution in [0.5, 0.6) is 11.5 Å². The Kier molecular flexibility index (Phi) is 4.48. The Morgan fingerprint density at radius 3 is 2.96 bits per heavy atom. The highest BCUT2D eigenvalue weighted by atomic mass is 32.2. The van der Waals surface area contributed by atoms with Crippen LogP contribution in [0, 0.1) is 0 Å². The molecule has 8 nitrogen and oxygen atoms in total. The maximum Gasteiger partial charge on any atom is 0.237 e. The molecule has 1 atom stereocenters. The highest BCUT2D eigenvalue weighted by Crippen LogP contribution is 2.35. The number of fused-ring (bicyclic) bond motifs is 1. The van der Waals surface area contributed by atoms with Crippen molar-refractivity contribution in [2.75, 3.05) is 12.1 Å². The minimum absolute atomic E-state index is 0.107. The maximum absolute atomic E-state index is 12.5. The van der Waals surface area contributed by atoms with Gasteiger partial charge in [-0.25, -0.2) is 4.68 Å². The molecule has 1 aliphatic carbocycles. The van der Waals surface area contributed by atoms with Gasteiger partial charge < -0.3 is 14.8 Å². The molecular formula is C16H19N5O3S. The number of rotatable bonds is 5. The largest absolute Gasteiger partial charge is 0.454 e. The number of carbonyl (C=O) groups excluding carboxylic acids is 1. The van der Waals surface area contributed by atoms with Crippen LogP contribution in [0.3, 0.4) is 0 Å². The number of hydrogen-bond donors (Lipinski definition) is 1. The first kappa shape index (κ1) is 16.2. The molecule has 2 aliphatic rings. The number of ether oxygens (including phenoxy) is 2. The van der Waals surface area contributed by atoms with Crippen LogP contribution in [0.4, 0.5) is 5.69 Å². The van der Waals surface area contributed by atoms with E-state index in [1.54, 1.807) is 18.2 Å². The third-order valence-corrected chi connectivity index (χ3v) is 5.47. The van der Waals surface area contributed by atoms with Crippen molar-refractivity contribution in [1.82, 2.24) is 20.2 Å². The second-order valence-corrected chi connectivity index (χ2v) is 7.47. The van der Waals surface area contributed by atoms with Crippen molar-refractivity contribution in [1.29, 1.82) is 0 Å². The highest BCUT2D eigenvalue weighted by molar-refractivity contribution is 8.00. The number of carbonyl (C=O) groups is 1. The summed E-state index contributed by atoms with van der Waals surface area (Å²) in [7, 11) is 0. The lowest BCUT2D eigenvalue weighted by Crippen LogP contribution is -2.23. The van der Waals surface area contributed by atoms with Gasteiger partial charge in [0.1, 0.15) is 0 Å². The van der Waals surface area contributed by atoms with Gasteiger partial charge in [0, 0.05) is 11.8 Å². The molecule has 25 heavy (non-hydrogen) atoms. The molecule has 1 N–H and O–H groups in total. The van der Waals surface area contributed by atoms with Crippen LogP contribution in [0.25, 0.3) is 0 Å². The Labute approximate surface area is 149 Å². The van der Waals surface area contributed by atoms with Gasteiger partial charge in [0.2, 0.25) is 17.9 Å². The first-order chi connectivity index (χ1) is 12.2. The number of amides is 1. The van der Waals surface area contributed by atoms with Crippen molar-refractivity contribution in [3.63, 3.8) is 0 Å². The van der Waals surface area contributed by atoms with E-state index >= 15 is 0 Å². The smallest absolute Gasteiger partial charge is 0.237 e. The van der Waals surface area contributed by atoms with E-state index in [1.807, 2.05) is 11.6 Å². The second-order valence-electron chi connectivity index (χ2n) is 6.16. The minimum atomic E-state index is -0.323. The summed E-state index contributed by atoms with van der Waals surface area (Å²) in [6.07, 6.45) is 4.59. The molecule has 0 bridgehead atoms. The average molecular weight is 361 g/mol. The fourth-order valence-electron chi connectivity index (χ4n) is 3.07. The molecule has 1 aromatic heterocycles. The van der Waals surface area contributed by atoms with Crippen molar-refractivity contribution < 1.29 is 14.3 Å². The third-order valence-electron chi connectivity index (χ3n) is 4.42. The van der Waals surface area contributed by atoms with Gasteiger partial charge in [0.25, 0.3) is 0 Å².